The van der Waals surface area contributed by atoms with Crippen LogP contribution in [0.4, 0.5) is 0 Å². The third-order valence-corrected chi connectivity index (χ3v) is 4.36. The lowest BCUT2D eigenvalue weighted by Gasteiger charge is -2.43. The molecule has 1 N–H and O–H groups in total. The summed E-state index contributed by atoms with van der Waals surface area (Å²) in [7, 11) is 1.79. The second-order valence-electron chi connectivity index (χ2n) is 7.09. The van der Waals surface area contributed by atoms with Crippen LogP contribution in [-0.2, 0) is 4.74 Å². The van der Waals surface area contributed by atoms with E-state index >= 15 is 0 Å². The summed E-state index contributed by atoms with van der Waals surface area (Å²) in [5.41, 5.74) is 0. The van der Waals surface area contributed by atoms with E-state index < -0.39 is 0 Å². The summed E-state index contributed by atoms with van der Waals surface area (Å²) in [4.78, 5) is 2.74. The molecule has 20 heavy (non-hydrogen) atoms. The van der Waals surface area contributed by atoms with Crippen LogP contribution >= 0.6 is 0 Å². The molecule has 0 saturated carbocycles. The molecule has 0 spiro atoms. The molecule has 2 unspecified atom stereocenters. The largest absolute Gasteiger partial charge is 0.385 e. The third kappa shape index (κ3) is 6.55. The first-order valence-corrected chi connectivity index (χ1v) is 8.51. The highest BCUT2D eigenvalue weighted by atomic mass is 16.5. The zero-order valence-corrected chi connectivity index (χ0v) is 14.3. The molecule has 0 aromatic rings. The maximum atomic E-state index is 5.13. The monoisotopic (exact) mass is 284 g/mol. The topological polar surface area (TPSA) is 24.5 Å². The Morgan fingerprint density at radius 2 is 1.90 bits per heavy atom. The number of ether oxygens (including phenoxy) is 1. The van der Waals surface area contributed by atoms with Crippen molar-refractivity contribution in [3.8, 4) is 0 Å². The van der Waals surface area contributed by atoms with E-state index in [1.165, 1.54) is 38.8 Å². The Morgan fingerprint density at radius 3 is 2.50 bits per heavy atom. The van der Waals surface area contributed by atoms with Crippen LogP contribution in [0.1, 0.15) is 53.4 Å². The van der Waals surface area contributed by atoms with Crippen molar-refractivity contribution in [3.63, 3.8) is 0 Å². The fraction of sp³-hybridized carbons (Fsp3) is 1.00. The molecule has 1 aliphatic heterocycles. The Bertz CT molecular complexity index is 243. The van der Waals surface area contributed by atoms with E-state index in [-0.39, 0.29) is 0 Å². The van der Waals surface area contributed by atoms with Gasteiger partial charge in [0.1, 0.15) is 0 Å². The number of methoxy groups -OCH3 is 1. The smallest absolute Gasteiger partial charge is 0.0462 e. The molecular formula is C17H36N2O. The molecule has 0 amide bonds. The Kier molecular flexibility index (Phi) is 8.74. The quantitative estimate of drug-likeness (QED) is 0.658. The van der Waals surface area contributed by atoms with Crippen molar-refractivity contribution < 1.29 is 4.74 Å². The summed E-state index contributed by atoms with van der Waals surface area (Å²) in [6, 6.07) is 1.39. The maximum Gasteiger partial charge on any atom is 0.0462 e. The molecule has 1 rings (SSSR count). The van der Waals surface area contributed by atoms with Gasteiger partial charge in [-0.2, -0.15) is 0 Å². The molecule has 2 atom stereocenters. The fourth-order valence-electron chi connectivity index (χ4n) is 3.28. The van der Waals surface area contributed by atoms with Crippen LogP contribution in [0.25, 0.3) is 0 Å². The van der Waals surface area contributed by atoms with Crippen molar-refractivity contribution in [1.29, 1.82) is 0 Å². The first-order chi connectivity index (χ1) is 9.54. The van der Waals surface area contributed by atoms with Gasteiger partial charge in [0.05, 0.1) is 0 Å². The summed E-state index contributed by atoms with van der Waals surface area (Å²) in [6.07, 6.45) is 5.09. The number of rotatable bonds is 9. The van der Waals surface area contributed by atoms with Crippen LogP contribution < -0.4 is 5.32 Å². The van der Waals surface area contributed by atoms with Crippen molar-refractivity contribution in [2.45, 2.75) is 65.5 Å². The van der Waals surface area contributed by atoms with Gasteiger partial charge in [-0.05, 0) is 44.1 Å². The molecule has 3 nitrogen and oxygen atoms in total. The average molecular weight is 284 g/mol. The minimum atomic E-state index is 0.684. The van der Waals surface area contributed by atoms with Gasteiger partial charge in [0.25, 0.3) is 0 Å². The molecule has 0 bridgehead atoms. The second-order valence-corrected chi connectivity index (χ2v) is 7.09. The second kappa shape index (κ2) is 9.75. The lowest BCUT2D eigenvalue weighted by atomic mass is 9.94. The highest BCUT2D eigenvalue weighted by Crippen LogP contribution is 2.19. The van der Waals surface area contributed by atoms with Gasteiger partial charge < -0.3 is 10.1 Å². The SMILES string of the molecule is COCCCCCN1CC(CC(C)C)NCC1C(C)C. The van der Waals surface area contributed by atoms with Gasteiger partial charge in [-0.15, -0.1) is 0 Å². The molecule has 0 radical (unpaired) electrons. The van der Waals surface area contributed by atoms with Crippen LogP contribution in [0.5, 0.6) is 0 Å². The van der Waals surface area contributed by atoms with E-state index in [1.807, 2.05) is 0 Å². The summed E-state index contributed by atoms with van der Waals surface area (Å²) in [6.45, 7) is 13.9. The van der Waals surface area contributed by atoms with Crippen molar-refractivity contribution in [1.82, 2.24) is 10.2 Å². The Morgan fingerprint density at radius 1 is 1.15 bits per heavy atom. The van der Waals surface area contributed by atoms with Crippen LogP contribution in [0.3, 0.4) is 0 Å². The molecule has 1 aliphatic rings. The third-order valence-electron chi connectivity index (χ3n) is 4.36. The maximum absolute atomic E-state index is 5.13. The summed E-state index contributed by atoms with van der Waals surface area (Å²) in [5, 5.41) is 3.76. The predicted octanol–water partition coefficient (Wildman–Crippen LogP) is 3.15. The van der Waals surface area contributed by atoms with Gasteiger partial charge in [0, 0.05) is 38.9 Å². The zero-order chi connectivity index (χ0) is 15.0. The summed E-state index contributed by atoms with van der Waals surface area (Å²) < 4.78 is 5.13. The summed E-state index contributed by atoms with van der Waals surface area (Å²) >= 11 is 0. The van der Waals surface area contributed by atoms with Gasteiger partial charge in [0.2, 0.25) is 0 Å². The minimum absolute atomic E-state index is 0.684. The normalized spacial score (nSPS) is 24.8. The first kappa shape index (κ1) is 17.9. The number of nitrogens with one attached hydrogen (secondary N) is 1. The number of hydrogen-bond donors (Lipinski definition) is 1. The van der Waals surface area contributed by atoms with Crippen LogP contribution in [-0.4, -0.2) is 50.3 Å². The lowest BCUT2D eigenvalue weighted by molar-refractivity contribution is 0.0893. The Balaban J connectivity index is 2.38. The molecule has 1 saturated heterocycles. The zero-order valence-electron chi connectivity index (χ0n) is 14.3. The number of hydrogen-bond acceptors (Lipinski definition) is 3. The average Bonchev–Trinajstić information content (AvgIpc) is 2.37. The van der Waals surface area contributed by atoms with Gasteiger partial charge in [0.15, 0.2) is 0 Å². The highest BCUT2D eigenvalue weighted by molar-refractivity contribution is 4.88. The summed E-state index contributed by atoms with van der Waals surface area (Å²) in [5.74, 6) is 1.52. The van der Waals surface area contributed by atoms with Gasteiger partial charge in [-0.1, -0.05) is 27.7 Å². The first-order valence-electron chi connectivity index (χ1n) is 8.51. The van der Waals surface area contributed by atoms with Crippen molar-refractivity contribution in [2.75, 3.05) is 33.4 Å². The van der Waals surface area contributed by atoms with E-state index in [2.05, 4.69) is 37.9 Å². The molecule has 3 heteroatoms. The molecule has 0 aromatic heterocycles. The van der Waals surface area contributed by atoms with Crippen LogP contribution in [0.15, 0.2) is 0 Å². The van der Waals surface area contributed by atoms with E-state index in [1.54, 1.807) is 7.11 Å². The van der Waals surface area contributed by atoms with E-state index in [0.717, 1.165) is 25.0 Å². The van der Waals surface area contributed by atoms with Crippen molar-refractivity contribution in [2.24, 2.45) is 11.8 Å². The molecular weight excluding hydrogens is 248 g/mol. The van der Waals surface area contributed by atoms with E-state index in [0.29, 0.717) is 12.1 Å². The van der Waals surface area contributed by atoms with E-state index in [9.17, 15) is 0 Å². The van der Waals surface area contributed by atoms with Crippen LogP contribution in [0, 0.1) is 11.8 Å². The molecule has 0 aliphatic carbocycles. The lowest BCUT2D eigenvalue weighted by Crippen LogP contribution is -2.58. The van der Waals surface area contributed by atoms with Gasteiger partial charge in [-0.25, -0.2) is 0 Å². The fourth-order valence-corrected chi connectivity index (χ4v) is 3.28. The molecule has 120 valence electrons. The Labute approximate surface area is 126 Å². The molecule has 1 fully saturated rings. The van der Waals surface area contributed by atoms with Gasteiger partial charge >= 0.3 is 0 Å². The number of unbranched alkanes of at least 4 members (excludes halogenated alkanes) is 2. The van der Waals surface area contributed by atoms with Crippen molar-refractivity contribution >= 4 is 0 Å². The van der Waals surface area contributed by atoms with E-state index in [4.69, 9.17) is 4.74 Å². The highest BCUT2D eigenvalue weighted by Gasteiger charge is 2.29. The van der Waals surface area contributed by atoms with Crippen LogP contribution in [0.2, 0.25) is 0 Å². The number of nitrogens with zero attached hydrogens (tertiary/aromatic N) is 1. The predicted molar refractivity (Wildman–Crippen MR) is 87.2 cm³/mol. The van der Waals surface area contributed by atoms with Gasteiger partial charge in [-0.3, -0.25) is 4.90 Å². The van der Waals surface area contributed by atoms with Crippen molar-refractivity contribution in [3.05, 3.63) is 0 Å². The molecule has 1 heterocycles. The number of piperazine rings is 1. The Hall–Kier alpha value is -0.120. The minimum Gasteiger partial charge on any atom is -0.385 e. The molecule has 0 aromatic carbocycles. The standard InChI is InChI=1S/C17H36N2O/c1-14(2)11-16-13-19(9-7-6-8-10-20-5)17(12-18-16)15(3)4/h14-18H,6-13H2,1-5H3.